The Morgan fingerprint density at radius 1 is 0.857 bits per heavy atom. The zero-order valence-corrected chi connectivity index (χ0v) is 20.3. The van der Waals surface area contributed by atoms with Crippen molar-refractivity contribution < 1.29 is 19.1 Å². The number of carbonyl (C=O) groups excluding carboxylic acids is 2. The molecule has 178 valence electrons. The van der Waals surface area contributed by atoms with E-state index >= 15 is 0 Å². The molecule has 0 aliphatic carbocycles. The molecule has 35 heavy (non-hydrogen) atoms. The minimum Gasteiger partial charge on any atom is -0.482 e. The number of para-hydroxylation sites is 1. The molecule has 6 heteroatoms. The molecule has 4 aromatic carbocycles. The second-order valence-corrected chi connectivity index (χ2v) is 8.80. The molecule has 1 atom stereocenters. The number of esters is 1. The van der Waals surface area contributed by atoms with E-state index in [2.05, 4.69) is 5.32 Å². The summed E-state index contributed by atoms with van der Waals surface area (Å²) in [5, 5.41) is 5.39. The van der Waals surface area contributed by atoms with Gasteiger partial charge in [0.25, 0.3) is 0 Å². The Morgan fingerprint density at radius 3 is 2.29 bits per heavy atom. The number of fused-ring (bicyclic) bond motifs is 1. The number of rotatable bonds is 8. The van der Waals surface area contributed by atoms with E-state index in [1.165, 1.54) is 0 Å². The Morgan fingerprint density at radius 2 is 1.54 bits per heavy atom. The molecule has 0 aliphatic heterocycles. The van der Waals surface area contributed by atoms with Gasteiger partial charge in [-0.25, -0.2) is 4.79 Å². The predicted molar refractivity (Wildman–Crippen MR) is 138 cm³/mol. The van der Waals surface area contributed by atoms with Gasteiger partial charge in [0.05, 0.1) is 6.04 Å². The van der Waals surface area contributed by atoms with Crippen molar-refractivity contribution in [3.05, 3.63) is 107 Å². The summed E-state index contributed by atoms with van der Waals surface area (Å²) in [4.78, 5) is 25.6. The summed E-state index contributed by atoms with van der Waals surface area (Å²) in [6.07, 6.45) is 0. The van der Waals surface area contributed by atoms with E-state index in [4.69, 9.17) is 21.1 Å². The molecule has 4 rings (SSSR count). The van der Waals surface area contributed by atoms with Crippen LogP contribution in [0.15, 0.2) is 91.0 Å². The monoisotopic (exact) mass is 487 g/mol. The van der Waals surface area contributed by atoms with E-state index < -0.39 is 12.0 Å². The highest BCUT2D eigenvalue weighted by Gasteiger charge is 2.27. The van der Waals surface area contributed by atoms with Gasteiger partial charge in [-0.3, -0.25) is 4.79 Å². The first-order chi connectivity index (χ1) is 16.9. The standard InChI is InChI=1S/C29H26ClNO4/c1-19(2)29(33)31-28(23-14-8-9-15-24(23)30)27-22-13-7-6-10-20(22)16-17-25(27)35-26(32)18-34-21-11-4-3-5-12-21/h3-17,19,28H,18H2,1-2H3,(H,31,33)/t28-/m1/s1. The van der Waals surface area contributed by atoms with Gasteiger partial charge in [0.2, 0.25) is 5.91 Å². The van der Waals surface area contributed by atoms with Crippen molar-refractivity contribution in [1.82, 2.24) is 5.32 Å². The summed E-state index contributed by atoms with van der Waals surface area (Å²) in [7, 11) is 0. The lowest BCUT2D eigenvalue weighted by Crippen LogP contribution is -2.33. The van der Waals surface area contributed by atoms with Crippen LogP contribution in [0.25, 0.3) is 10.8 Å². The van der Waals surface area contributed by atoms with Gasteiger partial charge >= 0.3 is 5.97 Å². The largest absolute Gasteiger partial charge is 0.482 e. The number of carbonyl (C=O) groups is 2. The summed E-state index contributed by atoms with van der Waals surface area (Å²) in [5.74, 6) is -0.0491. The summed E-state index contributed by atoms with van der Waals surface area (Å²) >= 11 is 6.58. The molecule has 1 N–H and O–H groups in total. The molecule has 0 bridgehead atoms. The minimum atomic E-state index is -0.637. The van der Waals surface area contributed by atoms with Crippen molar-refractivity contribution in [3.8, 4) is 11.5 Å². The Balaban J connectivity index is 1.76. The fraction of sp³-hybridized carbons (Fsp3) is 0.172. The van der Waals surface area contributed by atoms with Crippen LogP contribution in [0.4, 0.5) is 0 Å². The molecule has 0 heterocycles. The van der Waals surface area contributed by atoms with Crippen molar-refractivity contribution in [3.63, 3.8) is 0 Å². The minimum absolute atomic E-state index is 0.146. The summed E-state index contributed by atoms with van der Waals surface area (Å²) in [6, 6.07) is 27.1. The fourth-order valence-electron chi connectivity index (χ4n) is 3.80. The van der Waals surface area contributed by atoms with Crippen LogP contribution in [0, 0.1) is 5.92 Å². The van der Waals surface area contributed by atoms with E-state index in [9.17, 15) is 9.59 Å². The number of benzene rings is 4. The highest BCUT2D eigenvalue weighted by Crippen LogP contribution is 2.39. The van der Waals surface area contributed by atoms with Crippen LogP contribution < -0.4 is 14.8 Å². The SMILES string of the molecule is CC(C)C(=O)N[C@H](c1ccccc1Cl)c1c(OC(=O)COc2ccccc2)ccc2ccccc12. The lowest BCUT2D eigenvalue weighted by atomic mass is 9.92. The maximum absolute atomic E-state index is 12.9. The zero-order chi connectivity index (χ0) is 24.8. The Hall–Kier alpha value is -3.83. The molecule has 0 radical (unpaired) electrons. The lowest BCUT2D eigenvalue weighted by Gasteiger charge is -2.25. The van der Waals surface area contributed by atoms with Crippen LogP contribution in [0.3, 0.4) is 0 Å². The number of halogens is 1. The highest BCUT2D eigenvalue weighted by atomic mass is 35.5. The van der Waals surface area contributed by atoms with Gasteiger partial charge in [-0.15, -0.1) is 0 Å². The number of ether oxygens (including phenoxy) is 2. The Bertz CT molecular complexity index is 1340. The van der Waals surface area contributed by atoms with Crippen molar-refractivity contribution >= 4 is 34.2 Å². The maximum atomic E-state index is 12.9. The summed E-state index contributed by atoms with van der Waals surface area (Å²) in [5.41, 5.74) is 1.36. The molecule has 0 fully saturated rings. The molecule has 0 aliphatic rings. The van der Waals surface area contributed by atoms with Gasteiger partial charge in [-0.05, 0) is 40.6 Å². The topological polar surface area (TPSA) is 64.6 Å². The number of hydrogen-bond acceptors (Lipinski definition) is 4. The molecule has 5 nitrogen and oxygen atoms in total. The molecule has 1 amide bonds. The second-order valence-electron chi connectivity index (χ2n) is 8.39. The van der Waals surface area contributed by atoms with Gasteiger partial charge in [0.1, 0.15) is 11.5 Å². The molecule has 0 unspecified atom stereocenters. The van der Waals surface area contributed by atoms with Gasteiger partial charge in [-0.2, -0.15) is 0 Å². The zero-order valence-electron chi connectivity index (χ0n) is 19.5. The van der Waals surface area contributed by atoms with Gasteiger partial charge in [0.15, 0.2) is 6.61 Å². The first-order valence-electron chi connectivity index (χ1n) is 11.4. The fourth-order valence-corrected chi connectivity index (χ4v) is 4.04. The molecule has 0 spiro atoms. The van der Waals surface area contributed by atoms with Crippen LogP contribution in [0.2, 0.25) is 5.02 Å². The normalized spacial score (nSPS) is 11.8. The van der Waals surface area contributed by atoms with E-state index in [0.29, 0.717) is 27.6 Å². The third-order valence-electron chi connectivity index (χ3n) is 5.57. The first kappa shape index (κ1) is 24.3. The van der Waals surface area contributed by atoms with Crippen molar-refractivity contribution in [2.45, 2.75) is 19.9 Å². The smallest absolute Gasteiger partial charge is 0.349 e. The number of hydrogen-bond donors (Lipinski definition) is 1. The Kier molecular flexibility index (Phi) is 7.68. The highest BCUT2D eigenvalue weighted by molar-refractivity contribution is 6.31. The van der Waals surface area contributed by atoms with Crippen molar-refractivity contribution in [2.24, 2.45) is 5.92 Å². The molecule has 0 saturated heterocycles. The lowest BCUT2D eigenvalue weighted by molar-refractivity contribution is -0.136. The molecular formula is C29H26ClNO4. The molecule has 4 aromatic rings. The predicted octanol–water partition coefficient (Wildman–Crippen LogP) is 6.34. The first-order valence-corrected chi connectivity index (χ1v) is 11.8. The molecular weight excluding hydrogens is 462 g/mol. The van der Waals surface area contributed by atoms with E-state index in [1.807, 2.05) is 80.6 Å². The number of nitrogens with one attached hydrogen (secondary N) is 1. The second kappa shape index (κ2) is 11.1. The average Bonchev–Trinajstić information content (AvgIpc) is 2.87. The van der Waals surface area contributed by atoms with Crippen LogP contribution >= 0.6 is 11.6 Å². The quantitative estimate of drug-likeness (QED) is 0.233. The van der Waals surface area contributed by atoms with Gasteiger partial charge < -0.3 is 14.8 Å². The third kappa shape index (κ3) is 5.81. The maximum Gasteiger partial charge on any atom is 0.349 e. The van der Waals surface area contributed by atoms with E-state index in [0.717, 1.165) is 10.8 Å². The van der Waals surface area contributed by atoms with Crippen molar-refractivity contribution in [2.75, 3.05) is 6.61 Å². The van der Waals surface area contributed by atoms with Crippen molar-refractivity contribution in [1.29, 1.82) is 0 Å². The van der Waals surface area contributed by atoms with E-state index in [1.54, 1.807) is 24.3 Å². The summed E-state index contributed by atoms with van der Waals surface area (Å²) < 4.78 is 11.4. The summed E-state index contributed by atoms with van der Waals surface area (Å²) in [6.45, 7) is 3.39. The third-order valence-corrected chi connectivity index (χ3v) is 5.91. The molecule has 0 saturated carbocycles. The van der Waals surface area contributed by atoms with Crippen LogP contribution in [-0.4, -0.2) is 18.5 Å². The van der Waals surface area contributed by atoms with Crippen LogP contribution in [0.5, 0.6) is 11.5 Å². The molecule has 0 aromatic heterocycles. The van der Waals surface area contributed by atoms with Crippen LogP contribution in [0.1, 0.15) is 31.0 Å². The van der Waals surface area contributed by atoms with Crippen LogP contribution in [-0.2, 0) is 9.59 Å². The van der Waals surface area contributed by atoms with Gasteiger partial charge in [0, 0.05) is 16.5 Å². The average molecular weight is 488 g/mol. The van der Waals surface area contributed by atoms with E-state index in [-0.39, 0.29) is 18.4 Å². The Labute approximate surface area is 209 Å². The van der Waals surface area contributed by atoms with Gasteiger partial charge in [-0.1, -0.05) is 92.2 Å². The number of amides is 1.